The fourth-order valence-electron chi connectivity index (χ4n) is 4.61. The van der Waals surface area contributed by atoms with Crippen LogP contribution < -0.4 is 10.7 Å². The summed E-state index contributed by atoms with van der Waals surface area (Å²) >= 11 is 0. The zero-order valence-corrected chi connectivity index (χ0v) is 16.6. The van der Waals surface area contributed by atoms with E-state index in [1.165, 1.54) is 12.8 Å². The van der Waals surface area contributed by atoms with E-state index in [0.29, 0.717) is 6.61 Å². The molecule has 0 spiro atoms. The van der Waals surface area contributed by atoms with Gasteiger partial charge in [0.25, 0.3) is 0 Å². The summed E-state index contributed by atoms with van der Waals surface area (Å²) in [6.07, 6.45) is 8.51. The number of amides is 1. The van der Waals surface area contributed by atoms with Crippen molar-refractivity contribution in [3.05, 3.63) is 45.7 Å². The number of rotatable bonds is 5. The van der Waals surface area contributed by atoms with Gasteiger partial charge in [-0.05, 0) is 57.6 Å². The van der Waals surface area contributed by atoms with Gasteiger partial charge in [-0.15, -0.1) is 0 Å². The normalized spacial score (nSPS) is 23.2. The van der Waals surface area contributed by atoms with Gasteiger partial charge in [-0.3, -0.25) is 9.59 Å². The van der Waals surface area contributed by atoms with Gasteiger partial charge in [0.05, 0.1) is 12.7 Å². The van der Waals surface area contributed by atoms with Crippen LogP contribution in [0.15, 0.2) is 29.1 Å². The van der Waals surface area contributed by atoms with Crippen molar-refractivity contribution >= 4 is 16.8 Å². The maximum absolute atomic E-state index is 12.5. The van der Waals surface area contributed by atoms with Crippen LogP contribution in [0.3, 0.4) is 0 Å². The molecule has 0 bridgehead atoms. The smallest absolute Gasteiger partial charge is 0.223 e. The van der Waals surface area contributed by atoms with E-state index in [4.69, 9.17) is 4.74 Å². The third-order valence-electron chi connectivity index (χ3n) is 6.46. The van der Waals surface area contributed by atoms with E-state index < -0.39 is 0 Å². The van der Waals surface area contributed by atoms with Crippen LogP contribution in [0.1, 0.15) is 62.6 Å². The van der Waals surface area contributed by atoms with E-state index in [0.717, 1.165) is 60.7 Å². The lowest BCUT2D eigenvalue weighted by Crippen LogP contribution is -2.41. The van der Waals surface area contributed by atoms with Gasteiger partial charge < -0.3 is 15.0 Å². The minimum absolute atomic E-state index is 0.0753. The molecule has 2 aliphatic rings. The lowest BCUT2D eigenvalue weighted by Gasteiger charge is -2.30. The van der Waals surface area contributed by atoms with Gasteiger partial charge in [-0.25, -0.2) is 0 Å². The first-order valence-electron chi connectivity index (χ1n) is 10.6. The van der Waals surface area contributed by atoms with Crippen LogP contribution >= 0.6 is 0 Å². The summed E-state index contributed by atoms with van der Waals surface area (Å²) in [6.45, 7) is 2.29. The number of pyridine rings is 1. The van der Waals surface area contributed by atoms with Gasteiger partial charge in [-0.2, -0.15) is 0 Å². The summed E-state index contributed by atoms with van der Waals surface area (Å²) in [7, 11) is 0. The number of benzene rings is 1. The Morgan fingerprint density at radius 2 is 1.82 bits per heavy atom. The van der Waals surface area contributed by atoms with Gasteiger partial charge in [0.15, 0.2) is 5.43 Å². The first-order chi connectivity index (χ1) is 13.6. The van der Waals surface area contributed by atoms with Crippen LogP contribution in [0.2, 0.25) is 0 Å². The highest BCUT2D eigenvalue weighted by Gasteiger charge is 2.27. The molecule has 1 aromatic heterocycles. The van der Waals surface area contributed by atoms with Crippen LogP contribution in [-0.4, -0.2) is 23.0 Å². The van der Waals surface area contributed by atoms with Gasteiger partial charge in [0.1, 0.15) is 0 Å². The van der Waals surface area contributed by atoms with Crippen LogP contribution in [0.5, 0.6) is 0 Å². The minimum Gasteiger partial charge on any atom is -0.372 e. The maximum atomic E-state index is 12.5. The molecule has 2 aliphatic carbocycles. The van der Waals surface area contributed by atoms with Gasteiger partial charge >= 0.3 is 0 Å². The van der Waals surface area contributed by atoms with E-state index in [9.17, 15) is 9.59 Å². The molecule has 1 amide bonds. The second-order valence-corrected chi connectivity index (χ2v) is 8.38. The third-order valence-corrected chi connectivity index (χ3v) is 6.46. The Morgan fingerprint density at radius 3 is 2.57 bits per heavy atom. The van der Waals surface area contributed by atoms with Crippen molar-refractivity contribution in [2.75, 3.05) is 0 Å². The van der Waals surface area contributed by atoms with Crippen molar-refractivity contribution in [2.45, 2.75) is 77.0 Å². The van der Waals surface area contributed by atoms with Crippen molar-refractivity contribution in [1.29, 1.82) is 0 Å². The molecule has 150 valence electrons. The second kappa shape index (κ2) is 8.48. The molecular weight excluding hydrogens is 352 g/mol. The number of para-hydroxylation sites is 1. The van der Waals surface area contributed by atoms with Crippen molar-refractivity contribution in [2.24, 2.45) is 5.92 Å². The molecule has 2 N–H and O–H groups in total. The average molecular weight is 383 g/mol. The van der Waals surface area contributed by atoms with Crippen LogP contribution in [0.4, 0.5) is 0 Å². The second-order valence-electron chi connectivity index (χ2n) is 8.38. The number of fused-ring (bicyclic) bond motifs is 1. The predicted molar refractivity (Wildman–Crippen MR) is 110 cm³/mol. The molecule has 2 aromatic rings. The highest BCUT2D eigenvalue weighted by Crippen LogP contribution is 2.27. The molecule has 0 saturated heterocycles. The summed E-state index contributed by atoms with van der Waals surface area (Å²) in [5.74, 6) is 0.493. The predicted octanol–water partition coefficient (Wildman–Crippen LogP) is 3.97. The Labute approximate surface area is 165 Å². The molecule has 2 fully saturated rings. The summed E-state index contributed by atoms with van der Waals surface area (Å²) in [6, 6.07) is 7.89. The van der Waals surface area contributed by atoms with E-state index in [1.807, 2.05) is 31.2 Å². The quantitative estimate of drug-likeness (QED) is 0.822. The number of aromatic nitrogens is 1. The number of hydrogen-bond acceptors (Lipinski definition) is 3. The van der Waals surface area contributed by atoms with Crippen LogP contribution in [0.25, 0.3) is 10.9 Å². The Hall–Kier alpha value is -2.14. The molecule has 0 aliphatic heterocycles. The van der Waals surface area contributed by atoms with Gasteiger partial charge in [0.2, 0.25) is 5.91 Å². The van der Waals surface area contributed by atoms with E-state index in [2.05, 4.69) is 10.3 Å². The van der Waals surface area contributed by atoms with Gasteiger partial charge in [0, 0.05) is 34.1 Å². The molecule has 1 aromatic carbocycles. The number of nitrogens with one attached hydrogen (secondary N) is 2. The monoisotopic (exact) mass is 382 g/mol. The summed E-state index contributed by atoms with van der Waals surface area (Å²) in [5.41, 5.74) is 2.53. The van der Waals surface area contributed by atoms with E-state index in [1.54, 1.807) is 0 Å². The van der Waals surface area contributed by atoms with Crippen molar-refractivity contribution in [1.82, 2.24) is 10.3 Å². The number of hydrogen-bond donors (Lipinski definition) is 2. The topological polar surface area (TPSA) is 71.2 Å². The van der Waals surface area contributed by atoms with E-state index in [-0.39, 0.29) is 29.4 Å². The van der Waals surface area contributed by atoms with E-state index >= 15 is 0 Å². The SMILES string of the molecule is Cc1c(CO[C@H]2CC[C@H](NC(=O)C3CCCC3)CC2)[nH]c2ccccc2c1=O. The van der Waals surface area contributed by atoms with Crippen molar-refractivity contribution in [3.63, 3.8) is 0 Å². The molecule has 5 heteroatoms. The van der Waals surface area contributed by atoms with Crippen molar-refractivity contribution < 1.29 is 9.53 Å². The zero-order chi connectivity index (χ0) is 19.5. The van der Waals surface area contributed by atoms with Crippen LogP contribution in [-0.2, 0) is 16.1 Å². The zero-order valence-electron chi connectivity index (χ0n) is 16.6. The number of H-pyrrole nitrogens is 1. The Balaban J connectivity index is 1.30. The Bertz CT molecular complexity index is 890. The minimum atomic E-state index is 0.0753. The third kappa shape index (κ3) is 4.14. The van der Waals surface area contributed by atoms with Gasteiger partial charge in [-0.1, -0.05) is 25.0 Å². The number of ether oxygens (including phenoxy) is 1. The number of aromatic amines is 1. The molecule has 28 heavy (non-hydrogen) atoms. The Kier molecular flexibility index (Phi) is 5.81. The molecule has 5 nitrogen and oxygen atoms in total. The lowest BCUT2D eigenvalue weighted by molar-refractivity contribution is -0.126. The number of carbonyl (C=O) groups excluding carboxylic acids is 1. The fraction of sp³-hybridized carbons (Fsp3) is 0.565. The molecule has 0 atom stereocenters. The fourth-order valence-corrected chi connectivity index (χ4v) is 4.61. The molecule has 1 heterocycles. The molecule has 0 radical (unpaired) electrons. The number of carbonyl (C=O) groups is 1. The summed E-state index contributed by atoms with van der Waals surface area (Å²) in [4.78, 5) is 28.2. The standard InChI is InChI=1S/C23H30N2O3/c1-15-21(25-20-9-5-4-8-19(20)22(15)26)14-28-18-12-10-17(11-13-18)24-23(27)16-6-2-3-7-16/h4-5,8-9,16-18H,2-3,6-7,10-14H2,1H3,(H,24,27)(H,25,26)/t17-,18-. The van der Waals surface area contributed by atoms with Crippen molar-refractivity contribution in [3.8, 4) is 0 Å². The highest BCUT2D eigenvalue weighted by atomic mass is 16.5. The average Bonchev–Trinajstić information content (AvgIpc) is 3.26. The lowest BCUT2D eigenvalue weighted by atomic mass is 9.92. The maximum Gasteiger partial charge on any atom is 0.223 e. The summed E-state index contributed by atoms with van der Waals surface area (Å²) in [5, 5.41) is 3.97. The largest absolute Gasteiger partial charge is 0.372 e. The summed E-state index contributed by atoms with van der Waals surface area (Å²) < 4.78 is 6.12. The molecular formula is C23H30N2O3. The molecule has 2 saturated carbocycles. The first-order valence-corrected chi connectivity index (χ1v) is 10.6. The Morgan fingerprint density at radius 1 is 1.11 bits per heavy atom. The first kappa shape index (κ1) is 19.2. The van der Waals surface area contributed by atoms with Crippen LogP contribution in [0, 0.1) is 12.8 Å². The molecule has 0 unspecified atom stereocenters. The highest BCUT2D eigenvalue weighted by molar-refractivity contribution is 5.79. The molecule has 4 rings (SSSR count).